The molecule has 2 heterocycles. The van der Waals surface area contributed by atoms with Gasteiger partial charge in [-0.2, -0.15) is 0 Å². The number of nitrogens with one attached hydrogen (secondary N) is 1. The average molecular weight is 437 g/mol. The van der Waals surface area contributed by atoms with E-state index in [2.05, 4.69) is 31.3 Å². The van der Waals surface area contributed by atoms with Crippen molar-refractivity contribution in [1.29, 1.82) is 0 Å². The maximum absolute atomic E-state index is 13.1. The number of halogens is 1. The van der Waals surface area contributed by atoms with Gasteiger partial charge in [0.1, 0.15) is 5.75 Å². The van der Waals surface area contributed by atoms with Crippen molar-refractivity contribution in [2.75, 3.05) is 12.5 Å². The summed E-state index contributed by atoms with van der Waals surface area (Å²) in [6.45, 7) is 0.476. The second-order valence-corrected chi connectivity index (χ2v) is 7.06. The lowest BCUT2D eigenvalue weighted by Gasteiger charge is -2.15. The third-order valence-electron chi connectivity index (χ3n) is 4.35. The molecule has 0 atom stereocenters. The number of fused-ring (bicyclic) bond motifs is 1. The van der Waals surface area contributed by atoms with Crippen LogP contribution in [0, 0.1) is 0 Å². The van der Waals surface area contributed by atoms with Crippen molar-refractivity contribution < 1.29 is 4.74 Å². The first kappa shape index (κ1) is 18.2. The summed E-state index contributed by atoms with van der Waals surface area (Å²) in [6.07, 6.45) is 1.63. The second kappa shape index (κ2) is 7.82. The average Bonchev–Trinajstić information content (AvgIpc) is 2.74. The SMILES string of the molecule is COc1ccc(-c2nc3ncccc3c(=O)n2NCc2ccc(Br)cc2)cc1. The highest BCUT2D eigenvalue weighted by molar-refractivity contribution is 9.10. The van der Waals surface area contributed by atoms with Crippen LogP contribution in [-0.2, 0) is 6.54 Å². The summed E-state index contributed by atoms with van der Waals surface area (Å²) in [5.74, 6) is 1.23. The van der Waals surface area contributed by atoms with Crippen LogP contribution in [0.15, 0.2) is 76.1 Å². The van der Waals surface area contributed by atoms with Crippen molar-refractivity contribution in [1.82, 2.24) is 14.6 Å². The minimum Gasteiger partial charge on any atom is -0.497 e. The molecule has 0 fully saturated rings. The summed E-state index contributed by atoms with van der Waals surface area (Å²) in [5.41, 5.74) is 5.26. The Kier molecular flexibility index (Phi) is 5.08. The Morgan fingerprint density at radius 3 is 2.54 bits per heavy atom. The molecule has 1 N–H and O–H groups in total. The third kappa shape index (κ3) is 3.61. The fraction of sp³-hybridized carbons (Fsp3) is 0.0952. The molecule has 0 saturated heterocycles. The van der Waals surface area contributed by atoms with Gasteiger partial charge in [0.05, 0.1) is 19.0 Å². The number of nitrogens with zero attached hydrogens (tertiary/aromatic N) is 3. The van der Waals surface area contributed by atoms with Gasteiger partial charge >= 0.3 is 0 Å². The molecule has 0 bridgehead atoms. The lowest BCUT2D eigenvalue weighted by molar-refractivity contribution is 0.415. The maximum Gasteiger partial charge on any atom is 0.281 e. The van der Waals surface area contributed by atoms with E-state index in [-0.39, 0.29) is 5.56 Å². The van der Waals surface area contributed by atoms with Crippen LogP contribution in [0.25, 0.3) is 22.4 Å². The summed E-state index contributed by atoms with van der Waals surface area (Å²) in [6, 6.07) is 18.8. The molecule has 7 heteroatoms. The molecular formula is C21H17BrN4O2. The fourth-order valence-electron chi connectivity index (χ4n) is 2.87. The molecule has 140 valence electrons. The first-order chi connectivity index (χ1) is 13.7. The molecule has 4 aromatic rings. The van der Waals surface area contributed by atoms with E-state index in [4.69, 9.17) is 4.74 Å². The van der Waals surface area contributed by atoms with E-state index < -0.39 is 0 Å². The van der Waals surface area contributed by atoms with Gasteiger partial charge in [0.2, 0.25) is 0 Å². The van der Waals surface area contributed by atoms with Gasteiger partial charge in [-0.25, -0.2) is 14.6 Å². The van der Waals surface area contributed by atoms with Gasteiger partial charge in [0.25, 0.3) is 5.56 Å². The molecule has 0 radical (unpaired) electrons. The van der Waals surface area contributed by atoms with Crippen molar-refractivity contribution >= 4 is 27.0 Å². The number of hydrogen-bond acceptors (Lipinski definition) is 5. The van der Waals surface area contributed by atoms with E-state index in [1.807, 2.05) is 48.5 Å². The summed E-state index contributed by atoms with van der Waals surface area (Å²) in [4.78, 5) is 22.0. The molecule has 0 aliphatic carbocycles. The normalized spacial score (nSPS) is 10.8. The Bertz CT molecular complexity index is 1170. The van der Waals surface area contributed by atoms with Gasteiger partial charge in [-0.3, -0.25) is 4.79 Å². The van der Waals surface area contributed by atoms with E-state index in [0.29, 0.717) is 23.4 Å². The fourth-order valence-corrected chi connectivity index (χ4v) is 3.14. The second-order valence-electron chi connectivity index (χ2n) is 6.14. The zero-order chi connectivity index (χ0) is 19.5. The third-order valence-corrected chi connectivity index (χ3v) is 4.88. The topological polar surface area (TPSA) is 69.0 Å². The van der Waals surface area contributed by atoms with Crippen molar-refractivity contribution in [3.05, 3.63) is 87.3 Å². The van der Waals surface area contributed by atoms with Crippen LogP contribution in [-0.4, -0.2) is 21.8 Å². The smallest absolute Gasteiger partial charge is 0.281 e. The van der Waals surface area contributed by atoms with E-state index in [1.54, 1.807) is 25.4 Å². The molecule has 4 rings (SSSR count). The van der Waals surface area contributed by atoms with Crippen LogP contribution in [0.5, 0.6) is 5.75 Å². The molecule has 0 aliphatic rings. The molecule has 0 unspecified atom stereocenters. The van der Waals surface area contributed by atoms with Crippen molar-refractivity contribution in [3.63, 3.8) is 0 Å². The van der Waals surface area contributed by atoms with Crippen LogP contribution in [0.2, 0.25) is 0 Å². The Hall–Kier alpha value is -3.19. The number of benzene rings is 2. The summed E-state index contributed by atoms with van der Waals surface area (Å²) >= 11 is 3.43. The summed E-state index contributed by atoms with van der Waals surface area (Å²) < 4.78 is 7.71. The lowest BCUT2D eigenvalue weighted by atomic mass is 10.2. The number of methoxy groups -OCH3 is 1. The van der Waals surface area contributed by atoms with Gasteiger partial charge in [-0.1, -0.05) is 28.1 Å². The van der Waals surface area contributed by atoms with Crippen LogP contribution >= 0.6 is 15.9 Å². The number of aromatic nitrogens is 3. The van der Waals surface area contributed by atoms with Crippen LogP contribution in [0.3, 0.4) is 0 Å². The first-order valence-electron chi connectivity index (χ1n) is 8.66. The predicted molar refractivity (Wildman–Crippen MR) is 113 cm³/mol. The summed E-state index contributed by atoms with van der Waals surface area (Å²) in [7, 11) is 1.61. The Balaban J connectivity index is 1.80. The minimum atomic E-state index is -0.193. The highest BCUT2D eigenvalue weighted by Gasteiger charge is 2.13. The monoisotopic (exact) mass is 436 g/mol. The van der Waals surface area contributed by atoms with E-state index in [9.17, 15) is 4.79 Å². The Morgan fingerprint density at radius 2 is 1.82 bits per heavy atom. The molecule has 2 aromatic carbocycles. The zero-order valence-corrected chi connectivity index (χ0v) is 16.7. The van der Waals surface area contributed by atoms with Gasteiger partial charge in [-0.15, -0.1) is 0 Å². The minimum absolute atomic E-state index is 0.193. The molecule has 28 heavy (non-hydrogen) atoms. The van der Waals surface area contributed by atoms with E-state index in [1.165, 1.54) is 4.68 Å². The largest absolute Gasteiger partial charge is 0.497 e. The highest BCUT2D eigenvalue weighted by atomic mass is 79.9. The van der Waals surface area contributed by atoms with Crippen molar-refractivity contribution in [2.24, 2.45) is 0 Å². The van der Waals surface area contributed by atoms with Gasteiger partial charge < -0.3 is 10.2 Å². The van der Waals surface area contributed by atoms with Crippen LogP contribution in [0.1, 0.15) is 5.56 Å². The Labute approximate surface area is 169 Å². The van der Waals surface area contributed by atoms with Crippen molar-refractivity contribution in [2.45, 2.75) is 6.54 Å². The summed E-state index contributed by atoms with van der Waals surface area (Å²) in [5, 5.41) is 0.461. The molecule has 0 spiro atoms. The van der Waals surface area contributed by atoms with Crippen LogP contribution in [0.4, 0.5) is 0 Å². The molecule has 6 nitrogen and oxygen atoms in total. The van der Waals surface area contributed by atoms with Gasteiger partial charge in [0, 0.05) is 16.2 Å². The molecule has 2 aromatic heterocycles. The zero-order valence-electron chi connectivity index (χ0n) is 15.1. The standard InChI is InChI=1S/C21H17BrN4O2/c1-28-17-10-6-15(7-11-17)20-25-19-18(3-2-12-23-19)21(27)26(20)24-13-14-4-8-16(22)9-5-14/h2-12,24H,13H2,1H3. The molecule has 0 saturated carbocycles. The lowest BCUT2D eigenvalue weighted by Crippen LogP contribution is -2.31. The predicted octanol–water partition coefficient (Wildman–Crippen LogP) is 3.97. The van der Waals surface area contributed by atoms with Crippen LogP contribution < -0.4 is 15.7 Å². The number of rotatable bonds is 5. The molecular weight excluding hydrogens is 420 g/mol. The molecule has 0 aliphatic heterocycles. The van der Waals surface area contributed by atoms with E-state index in [0.717, 1.165) is 21.3 Å². The molecule has 0 amide bonds. The first-order valence-corrected chi connectivity index (χ1v) is 9.45. The number of pyridine rings is 1. The quantitative estimate of drug-likeness (QED) is 0.512. The number of hydrogen-bond donors (Lipinski definition) is 1. The van der Waals surface area contributed by atoms with E-state index >= 15 is 0 Å². The van der Waals surface area contributed by atoms with Crippen molar-refractivity contribution in [3.8, 4) is 17.1 Å². The number of ether oxygens (including phenoxy) is 1. The highest BCUT2D eigenvalue weighted by Crippen LogP contribution is 2.21. The maximum atomic E-state index is 13.1. The Morgan fingerprint density at radius 1 is 1.07 bits per heavy atom. The van der Waals surface area contributed by atoms with Gasteiger partial charge in [0.15, 0.2) is 11.5 Å². The van der Waals surface area contributed by atoms with Gasteiger partial charge in [-0.05, 0) is 54.1 Å².